The molecule has 1 aromatic carbocycles. The molecule has 31 heavy (non-hydrogen) atoms. The third kappa shape index (κ3) is 7.93. The number of amides is 1. The van der Waals surface area contributed by atoms with Crippen molar-refractivity contribution in [1.82, 2.24) is 15.1 Å². The van der Waals surface area contributed by atoms with Gasteiger partial charge in [-0.15, -0.1) is 0 Å². The van der Waals surface area contributed by atoms with Crippen molar-refractivity contribution in [3.8, 4) is 0 Å². The molecule has 0 radical (unpaired) electrons. The van der Waals surface area contributed by atoms with E-state index in [-0.39, 0.29) is 12.5 Å². The minimum absolute atomic E-state index is 0.122. The van der Waals surface area contributed by atoms with Crippen LogP contribution in [-0.2, 0) is 19.2 Å². The number of amidine groups is 1. The highest BCUT2D eigenvalue weighted by atomic mass is 16.2. The highest BCUT2D eigenvalue weighted by molar-refractivity contribution is 6.25. The molecule has 1 N–H and O–H groups in total. The molecule has 0 bridgehead atoms. The molecule has 1 amide bonds. The van der Waals surface area contributed by atoms with Gasteiger partial charge in [-0.05, 0) is 24.3 Å². The lowest BCUT2D eigenvalue weighted by Gasteiger charge is -2.35. The maximum atomic E-state index is 12.1. The Hall–Kier alpha value is -3.07. The normalized spacial score (nSPS) is 15.4. The van der Waals surface area contributed by atoms with Gasteiger partial charge >= 0.3 is 0 Å². The molecule has 170 valence electrons. The average Bonchev–Trinajstić information content (AvgIpc) is 2.79. The van der Waals surface area contributed by atoms with Gasteiger partial charge in [0.15, 0.2) is 12.1 Å². The summed E-state index contributed by atoms with van der Waals surface area (Å²) in [6.45, 7) is 7.39. The Kier molecular flexibility index (Phi) is 11.1. The maximum absolute atomic E-state index is 12.1. The molecule has 0 aromatic heterocycles. The summed E-state index contributed by atoms with van der Waals surface area (Å²) in [5, 5.41) is 2.73. The number of nitrogens with zero attached hydrogens (tertiary/aromatic N) is 4. The van der Waals surface area contributed by atoms with Crippen molar-refractivity contribution >= 4 is 36.3 Å². The Morgan fingerprint density at radius 3 is 2.23 bits per heavy atom. The Balaban J connectivity index is 0.00000233. The second-order valence-corrected chi connectivity index (χ2v) is 7.48. The summed E-state index contributed by atoms with van der Waals surface area (Å²) in [6, 6.07) is 8.38. The number of hydrogen-bond acceptors (Lipinski definition) is 7. The number of hydrogen-bond donors (Lipinski definition) is 1. The van der Waals surface area contributed by atoms with Gasteiger partial charge in [-0.2, -0.15) is 0 Å². The number of benzene rings is 1. The monoisotopic (exact) mass is 431 g/mol. The first-order valence-corrected chi connectivity index (χ1v) is 10.1. The molecule has 1 aliphatic rings. The Morgan fingerprint density at radius 2 is 1.74 bits per heavy atom. The number of aliphatic imine (C=N–C) groups is 1. The zero-order valence-corrected chi connectivity index (χ0v) is 18.8. The van der Waals surface area contributed by atoms with E-state index in [9.17, 15) is 14.4 Å². The van der Waals surface area contributed by atoms with Crippen molar-refractivity contribution in [2.45, 2.75) is 6.92 Å². The molecule has 1 atom stereocenters. The van der Waals surface area contributed by atoms with Gasteiger partial charge in [-0.1, -0.05) is 6.92 Å². The van der Waals surface area contributed by atoms with Crippen molar-refractivity contribution in [3.63, 3.8) is 0 Å². The average molecular weight is 432 g/mol. The van der Waals surface area contributed by atoms with E-state index in [1.165, 1.54) is 0 Å². The number of ketones is 1. The van der Waals surface area contributed by atoms with Gasteiger partial charge in [-0.25, -0.2) is 0 Å². The largest absolute Gasteiger partial charge is 0.369 e. The fraction of sp³-hybridized carbons (Fsp3) is 0.500. The van der Waals surface area contributed by atoms with Crippen molar-refractivity contribution in [2.24, 2.45) is 10.9 Å². The lowest BCUT2D eigenvalue weighted by Crippen LogP contribution is -2.50. The molecule has 0 saturated carbocycles. The van der Waals surface area contributed by atoms with Crippen LogP contribution in [0.25, 0.3) is 0 Å². The number of rotatable bonds is 8. The first kappa shape index (κ1) is 26.0. The number of anilines is 1. The van der Waals surface area contributed by atoms with Gasteiger partial charge in [0.25, 0.3) is 0 Å². The molecule has 0 aliphatic carbocycles. The second kappa shape index (κ2) is 13.3. The van der Waals surface area contributed by atoms with E-state index in [0.717, 1.165) is 43.3 Å². The van der Waals surface area contributed by atoms with Crippen LogP contribution in [0.1, 0.15) is 12.5 Å². The van der Waals surface area contributed by atoms with Gasteiger partial charge in [0.05, 0.1) is 6.54 Å². The summed E-state index contributed by atoms with van der Waals surface area (Å²) in [5.41, 5.74) is 2.24. The van der Waals surface area contributed by atoms with Gasteiger partial charge in [0.1, 0.15) is 12.6 Å². The first-order chi connectivity index (χ1) is 14.8. The predicted molar refractivity (Wildman–Crippen MR) is 122 cm³/mol. The molecule has 1 saturated heterocycles. The predicted octanol–water partition coefficient (Wildman–Crippen LogP) is 0.0820. The maximum Gasteiger partial charge on any atom is 0.234 e. The molecule has 1 aromatic rings. The van der Waals surface area contributed by atoms with Crippen LogP contribution in [0.2, 0.25) is 0 Å². The lowest BCUT2D eigenvalue weighted by molar-refractivity contribution is -0.132. The van der Waals surface area contributed by atoms with Crippen molar-refractivity contribution in [2.75, 3.05) is 65.3 Å². The Bertz CT molecular complexity index is 756. The van der Waals surface area contributed by atoms with E-state index < -0.39 is 11.7 Å². The fourth-order valence-electron chi connectivity index (χ4n) is 3.32. The van der Waals surface area contributed by atoms with Crippen molar-refractivity contribution in [3.05, 3.63) is 29.8 Å². The molecule has 1 unspecified atom stereocenters. The summed E-state index contributed by atoms with van der Waals surface area (Å²) in [4.78, 5) is 52.5. The molecule has 1 aliphatic heterocycles. The number of carbonyl (C=O) groups excluding carboxylic acids is 4. The number of piperazine rings is 1. The highest BCUT2D eigenvalue weighted by Gasteiger charge is 2.20. The van der Waals surface area contributed by atoms with E-state index in [1.54, 1.807) is 14.0 Å². The zero-order chi connectivity index (χ0) is 23.4. The summed E-state index contributed by atoms with van der Waals surface area (Å²) < 4.78 is 0. The third-order valence-electron chi connectivity index (χ3n) is 5.07. The third-order valence-corrected chi connectivity index (χ3v) is 5.07. The van der Waals surface area contributed by atoms with E-state index in [1.807, 2.05) is 25.8 Å². The quantitative estimate of drug-likeness (QED) is 0.269. The van der Waals surface area contributed by atoms with Crippen molar-refractivity contribution in [1.29, 1.82) is 0 Å². The molecule has 9 nitrogen and oxygen atoms in total. The smallest absolute Gasteiger partial charge is 0.234 e. The number of Topliss-reactive ketones (excluding diaryl/α,β-unsaturated/α-hetero) is 1. The van der Waals surface area contributed by atoms with E-state index in [0.29, 0.717) is 12.8 Å². The second-order valence-electron chi connectivity index (χ2n) is 7.48. The topological polar surface area (TPSA) is 102 Å². The first-order valence-electron chi connectivity index (χ1n) is 10.1. The SMILES string of the molecule is C=O.CN=C(c1ccc(N2CCN(CC(=O)NCC(C)C(=O)C=O)CC2)cc1)N(C)C. The van der Waals surface area contributed by atoms with Gasteiger partial charge in [0.2, 0.25) is 5.91 Å². The summed E-state index contributed by atoms with van der Waals surface area (Å²) in [6.07, 6.45) is 0.305. The molecular formula is C22H33N5O4. The molecule has 9 heteroatoms. The Labute approximate surface area is 184 Å². The standard InChI is InChI=1S/C21H31N5O3.CH2O/c1-16(19(28)15-27)13-23-20(29)14-25-9-11-26(12-10-25)18-7-5-17(6-8-18)21(22-2)24(3)4;1-2/h5-8,15-16H,9-14H2,1-4H3,(H,23,29);1H2. The highest BCUT2D eigenvalue weighted by Crippen LogP contribution is 2.18. The molecule has 1 fully saturated rings. The summed E-state index contributed by atoms with van der Waals surface area (Å²) >= 11 is 0. The minimum Gasteiger partial charge on any atom is -0.369 e. The van der Waals surface area contributed by atoms with E-state index >= 15 is 0 Å². The molecule has 1 heterocycles. The fourth-order valence-corrected chi connectivity index (χ4v) is 3.32. The van der Waals surface area contributed by atoms with E-state index in [4.69, 9.17) is 4.79 Å². The molecular weight excluding hydrogens is 398 g/mol. The molecule has 2 rings (SSSR count). The summed E-state index contributed by atoms with van der Waals surface area (Å²) in [7, 11) is 5.75. The lowest BCUT2D eigenvalue weighted by atomic mass is 10.1. The molecule has 0 spiro atoms. The van der Waals surface area contributed by atoms with Gasteiger partial charge in [0, 0.05) is 71.0 Å². The summed E-state index contributed by atoms with van der Waals surface area (Å²) in [5.74, 6) is -0.158. The van der Waals surface area contributed by atoms with Crippen LogP contribution < -0.4 is 10.2 Å². The van der Waals surface area contributed by atoms with Crippen molar-refractivity contribution < 1.29 is 19.2 Å². The van der Waals surface area contributed by atoms with Crippen LogP contribution in [0.5, 0.6) is 0 Å². The van der Waals surface area contributed by atoms with Crippen LogP contribution in [0, 0.1) is 5.92 Å². The number of aldehydes is 1. The zero-order valence-electron chi connectivity index (χ0n) is 18.8. The number of nitrogens with one attached hydrogen (secondary N) is 1. The number of carbonyl (C=O) groups is 4. The van der Waals surface area contributed by atoms with Gasteiger partial charge < -0.3 is 19.9 Å². The van der Waals surface area contributed by atoms with Crippen LogP contribution in [0.15, 0.2) is 29.3 Å². The van der Waals surface area contributed by atoms with Crippen LogP contribution in [0.4, 0.5) is 5.69 Å². The van der Waals surface area contributed by atoms with E-state index in [2.05, 4.69) is 44.4 Å². The minimum atomic E-state index is -0.493. The van der Waals surface area contributed by atoms with Crippen LogP contribution >= 0.6 is 0 Å². The van der Waals surface area contributed by atoms with Crippen LogP contribution in [-0.4, -0.2) is 101 Å². The van der Waals surface area contributed by atoms with Crippen LogP contribution in [0.3, 0.4) is 0 Å². The van der Waals surface area contributed by atoms with Gasteiger partial charge in [-0.3, -0.25) is 24.3 Å². The Morgan fingerprint density at radius 1 is 1.16 bits per heavy atom.